The molecule has 1 aromatic heterocycles. The van der Waals surface area contributed by atoms with E-state index in [1.807, 2.05) is 6.07 Å². The topological polar surface area (TPSA) is 95.5 Å². The molecule has 2 heterocycles. The van der Waals surface area contributed by atoms with Crippen LogP contribution in [0.5, 0.6) is 0 Å². The number of aromatic nitrogens is 2. The number of anilines is 1. The van der Waals surface area contributed by atoms with Gasteiger partial charge in [-0.05, 0) is 25.0 Å². The molecule has 29 heavy (non-hydrogen) atoms. The first kappa shape index (κ1) is 21.2. The minimum Gasteiger partial charge on any atom is -0.373 e. The van der Waals surface area contributed by atoms with Gasteiger partial charge in [0.1, 0.15) is 11.6 Å². The number of hydrogen-bond donors (Lipinski definition) is 1. The number of hydrogen-bond acceptors (Lipinski definition) is 6. The molecule has 3 rings (SSSR count). The molecule has 1 aliphatic rings. The third-order valence-corrected chi connectivity index (χ3v) is 7.10. The molecule has 156 valence electrons. The molecule has 0 bridgehead atoms. The molecule has 8 nitrogen and oxygen atoms in total. The number of benzene rings is 1. The Bertz CT molecular complexity index is 957. The quantitative estimate of drug-likeness (QED) is 0.773. The fourth-order valence-corrected chi connectivity index (χ4v) is 4.85. The van der Waals surface area contributed by atoms with Crippen molar-refractivity contribution in [1.29, 1.82) is 0 Å². The second-order valence-electron chi connectivity index (χ2n) is 7.22. The molecule has 0 aliphatic carbocycles. The lowest BCUT2D eigenvalue weighted by Crippen LogP contribution is -2.38. The van der Waals surface area contributed by atoms with E-state index in [9.17, 15) is 13.2 Å². The van der Waals surface area contributed by atoms with Crippen molar-refractivity contribution in [3.63, 3.8) is 0 Å². The molecular formula is C20H27N5O3S. The van der Waals surface area contributed by atoms with Crippen LogP contribution in [0.4, 0.5) is 5.82 Å². The lowest BCUT2D eigenvalue weighted by molar-refractivity contribution is -0.128. The Morgan fingerprint density at radius 1 is 1.21 bits per heavy atom. The molecule has 9 heteroatoms. The maximum absolute atomic E-state index is 12.8. The summed E-state index contributed by atoms with van der Waals surface area (Å²) in [6, 6.07) is 10.3. The van der Waals surface area contributed by atoms with Crippen LogP contribution in [0.2, 0.25) is 0 Å². The van der Waals surface area contributed by atoms with Crippen LogP contribution in [0, 0.1) is 0 Å². The van der Waals surface area contributed by atoms with E-state index in [1.165, 1.54) is 11.2 Å². The van der Waals surface area contributed by atoms with E-state index >= 15 is 0 Å². The highest BCUT2D eigenvalue weighted by Crippen LogP contribution is 2.29. The molecule has 0 saturated carbocycles. The highest BCUT2D eigenvalue weighted by atomic mass is 32.2. The van der Waals surface area contributed by atoms with Crippen molar-refractivity contribution in [3.8, 4) is 0 Å². The zero-order valence-electron chi connectivity index (χ0n) is 17.0. The van der Waals surface area contributed by atoms with Crippen molar-refractivity contribution >= 4 is 21.7 Å². The van der Waals surface area contributed by atoms with Gasteiger partial charge in [0, 0.05) is 46.1 Å². The zero-order chi connectivity index (χ0) is 21.0. The highest BCUT2D eigenvalue weighted by molar-refractivity contribution is 7.89. The fraction of sp³-hybridized carbons (Fsp3) is 0.450. The largest absolute Gasteiger partial charge is 0.373 e. The standard InChI is InChI=1S/C20H27N5O3S/c1-15(26)24(3)14-17-13-19(21-2)23-20(22-17)16-9-11-25(12-10-16)29(27,28)18-7-5-4-6-8-18/h4-8,13,16H,9-12,14H2,1-3H3,(H,21,22,23). The predicted molar refractivity (Wildman–Crippen MR) is 111 cm³/mol. The van der Waals surface area contributed by atoms with Gasteiger partial charge < -0.3 is 10.2 Å². The summed E-state index contributed by atoms with van der Waals surface area (Å²) in [5, 5.41) is 3.04. The number of rotatable bonds is 6. The van der Waals surface area contributed by atoms with Gasteiger partial charge in [0.25, 0.3) is 0 Å². The van der Waals surface area contributed by atoms with Gasteiger partial charge >= 0.3 is 0 Å². The number of sulfonamides is 1. The van der Waals surface area contributed by atoms with E-state index in [-0.39, 0.29) is 11.8 Å². The SMILES string of the molecule is CNc1cc(CN(C)C(C)=O)nc(C2CCN(S(=O)(=O)c3ccccc3)CC2)n1. The van der Waals surface area contributed by atoms with Crippen LogP contribution in [-0.4, -0.2) is 60.7 Å². The number of amides is 1. The van der Waals surface area contributed by atoms with Crippen LogP contribution in [0.1, 0.15) is 37.2 Å². The Hall–Kier alpha value is -2.52. The molecule has 1 fully saturated rings. The van der Waals surface area contributed by atoms with Crippen LogP contribution < -0.4 is 5.32 Å². The first-order valence-electron chi connectivity index (χ1n) is 9.63. The van der Waals surface area contributed by atoms with E-state index in [0.29, 0.717) is 49.0 Å². The molecule has 1 N–H and O–H groups in total. The van der Waals surface area contributed by atoms with E-state index in [4.69, 9.17) is 0 Å². The van der Waals surface area contributed by atoms with Gasteiger partial charge in [0.05, 0.1) is 17.1 Å². The Labute approximate surface area is 172 Å². The summed E-state index contributed by atoms with van der Waals surface area (Å²) in [6.45, 7) is 2.78. The number of carbonyl (C=O) groups excluding carboxylic acids is 1. The smallest absolute Gasteiger partial charge is 0.243 e. The van der Waals surface area contributed by atoms with Crippen LogP contribution >= 0.6 is 0 Å². The molecule has 1 aromatic carbocycles. The van der Waals surface area contributed by atoms with Crippen molar-refractivity contribution in [1.82, 2.24) is 19.2 Å². The predicted octanol–water partition coefficient (Wildman–Crippen LogP) is 2.06. The van der Waals surface area contributed by atoms with Crippen molar-refractivity contribution in [3.05, 3.63) is 47.9 Å². The average molecular weight is 418 g/mol. The minimum atomic E-state index is -3.48. The molecule has 1 amide bonds. The normalized spacial score (nSPS) is 15.8. The van der Waals surface area contributed by atoms with Gasteiger partial charge in [0.2, 0.25) is 15.9 Å². The van der Waals surface area contributed by atoms with E-state index in [2.05, 4.69) is 15.3 Å². The second kappa shape index (κ2) is 8.87. The van der Waals surface area contributed by atoms with Crippen molar-refractivity contribution < 1.29 is 13.2 Å². The van der Waals surface area contributed by atoms with E-state index < -0.39 is 10.0 Å². The third kappa shape index (κ3) is 4.91. The first-order valence-corrected chi connectivity index (χ1v) is 11.1. The average Bonchev–Trinajstić information content (AvgIpc) is 2.74. The van der Waals surface area contributed by atoms with Crippen molar-refractivity contribution in [2.75, 3.05) is 32.5 Å². The maximum atomic E-state index is 12.8. The maximum Gasteiger partial charge on any atom is 0.243 e. The molecule has 0 unspecified atom stereocenters. The second-order valence-corrected chi connectivity index (χ2v) is 9.16. The molecule has 2 aromatic rings. The summed E-state index contributed by atoms with van der Waals surface area (Å²) in [6.07, 6.45) is 1.31. The fourth-order valence-electron chi connectivity index (χ4n) is 3.36. The van der Waals surface area contributed by atoms with Crippen LogP contribution in [0.3, 0.4) is 0 Å². The number of piperidine rings is 1. The molecule has 0 radical (unpaired) electrons. The van der Waals surface area contributed by atoms with Gasteiger partial charge in [-0.15, -0.1) is 0 Å². The Morgan fingerprint density at radius 3 is 2.45 bits per heavy atom. The first-order chi connectivity index (χ1) is 13.8. The summed E-state index contributed by atoms with van der Waals surface area (Å²) in [4.78, 5) is 22.7. The van der Waals surface area contributed by atoms with Crippen LogP contribution in [-0.2, 0) is 21.4 Å². The Morgan fingerprint density at radius 2 is 1.86 bits per heavy atom. The summed E-state index contributed by atoms with van der Waals surface area (Å²) >= 11 is 0. The van der Waals surface area contributed by atoms with Crippen LogP contribution in [0.25, 0.3) is 0 Å². The molecule has 0 spiro atoms. The number of nitrogens with zero attached hydrogens (tertiary/aromatic N) is 4. The van der Waals surface area contributed by atoms with Gasteiger partial charge in [0.15, 0.2) is 0 Å². The lowest BCUT2D eigenvalue weighted by Gasteiger charge is -2.30. The van der Waals surface area contributed by atoms with Gasteiger partial charge in [-0.2, -0.15) is 4.31 Å². The van der Waals surface area contributed by atoms with Crippen molar-refractivity contribution in [2.45, 2.75) is 37.1 Å². The number of nitrogens with one attached hydrogen (secondary N) is 1. The summed E-state index contributed by atoms with van der Waals surface area (Å²) in [7, 11) is 0.0455. The molecule has 1 aliphatic heterocycles. The van der Waals surface area contributed by atoms with Crippen LogP contribution in [0.15, 0.2) is 41.3 Å². The van der Waals surface area contributed by atoms with Gasteiger partial charge in [-0.3, -0.25) is 4.79 Å². The van der Waals surface area contributed by atoms with Crippen molar-refractivity contribution in [2.24, 2.45) is 0 Å². The molecule has 1 saturated heterocycles. The minimum absolute atomic E-state index is 0.0319. The molecule has 0 atom stereocenters. The summed E-state index contributed by atoms with van der Waals surface area (Å²) in [5.41, 5.74) is 0.761. The summed E-state index contributed by atoms with van der Waals surface area (Å²) < 4.78 is 27.2. The lowest BCUT2D eigenvalue weighted by atomic mass is 9.97. The van der Waals surface area contributed by atoms with E-state index in [0.717, 1.165) is 5.69 Å². The number of carbonyl (C=O) groups is 1. The van der Waals surface area contributed by atoms with Gasteiger partial charge in [-0.1, -0.05) is 18.2 Å². The highest BCUT2D eigenvalue weighted by Gasteiger charge is 2.31. The zero-order valence-corrected chi connectivity index (χ0v) is 17.8. The Balaban J connectivity index is 1.74. The monoisotopic (exact) mass is 417 g/mol. The Kier molecular flexibility index (Phi) is 6.49. The third-order valence-electron chi connectivity index (χ3n) is 5.19. The van der Waals surface area contributed by atoms with Gasteiger partial charge in [-0.25, -0.2) is 18.4 Å². The molecular weight excluding hydrogens is 390 g/mol. The van der Waals surface area contributed by atoms with E-state index in [1.54, 1.807) is 49.3 Å². The summed E-state index contributed by atoms with van der Waals surface area (Å²) in [5.74, 6) is 1.43.